The van der Waals surface area contributed by atoms with Crippen molar-refractivity contribution in [1.82, 2.24) is 4.57 Å². The second-order valence-corrected chi connectivity index (χ2v) is 3.40. The fraction of sp³-hybridized carbons (Fsp3) is 0.273. The van der Waals surface area contributed by atoms with Gasteiger partial charge in [-0.1, -0.05) is 6.07 Å². The van der Waals surface area contributed by atoms with Crippen LogP contribution in [0.1, 0.15) is 5.69 Å². The van der Waals surface area contributed by atoms with Crippen molar-refractivity contribution in [3.63, 3.8) is 0 Å². The van der Waals surface area contributed by atoms with Crippen LogP contribution in [0.25, 0.3) is 10.9 Å². The molecule has 0 spiro atoms. The van der Waals surface area contributed by atoms with Crippen molar-refractivity contribution in [1.29, 1.82) is 0 Å². The number of hydrogen-bond acceptors (Lipinski definition) is 3. The SMILES string of the molecule is COCn1c(CN)cc2c(O)cccc21. The number of benzene rings is 1. The van der Waals surface area contributed by atoms with Gasteiger partial charge in [0, 0.05) is 24.7 Å². The first-order valence-electron chi connectivity index (χ1n) is 4.77. The summed E-state index contributed by atoms with van der Waals surface area (Å²) in [6.45, 7) is 0.872. The molecule has 0 atom stereocenters. The van der Waals surface area contributed by atoms with Crippen molar-refractivity contribution in [2.75, 3.05) is 7.11 Å². The predicted octanol–water partition coefficient (Wildman–Crippen LogP) is 1.41. The van der Waals surface area contributed by atoms with Gasteiger partial charge < -0.3 is 20.1 Å². The third-order valence-electron chi connectivity index (χ3n) is 2.48. The lowest BCUT2D eigenvalue weighted by Gasteiger charge is -2.07. The van der Waals surface area contributed by atoms with Crippen molar-refractivity contribution in [2.24, 2.45) is 5.73 Å². The Hall–Kier alpha value is -1.52. The standard InChI is InChI=1S/C11H14N2O2/c1-15-7-13-8(6-12)5-9-10(13)3-2-4-11(9)14/h2-5,14H,6-7,12H2,1H3. The van der Waals surface area contributed by atoms with Crippen LogP contribution < -0.4 is 5.73 Å². The molecule has 2 aromatic rings. The number of nitrogens with zero attached hydrogens (tertiary/aromatic N) is 1. The molecule has 0 bridgehead atoms. The number of phenolic OH excluding ortho intramolecular Hbond substituents is 1. The molecule has 0 amide bonds. The van der Waals surface area contributed by atoms with E-state index in [1.165, 1.54) is 0 Å². The Balaban J connectivity index is 2.68. The Morgan fingerprint density at radius 2 is 2.27 bits per heavy atom. The predicted molar refractivity (Wildman–Crippen MR) is 58.5 cm³/mol. The van der Waals surface area contributed by atoms with Gasteiger partial charge in [0.2, 0.25) is 0 Å². The van der Waals surface area contributed by atoms with Crippen LogP contribution in [0.15, 0.2) is 24.3 Å². The monoisotopic (exact) mass is 206 g/mol. The minimum absolute atomic E-state index is 0.275. The van der Waals surface area contributed by atoms with Gasteiger partial charge in [-0.25, -0.2) is 0 Å². The minimum Gasteiger partial charge on any atom is -0.507 e. The highest BCUT2D eigenvalue weighted by molar-refractivity contribution is 5.87. The van der Waals surface area contributed by atoms with E-state index in [-0.39, 0.29) is 5.75 Å². The fourth-order valence-corrected chi connectivity index (χ4v) is 1.77. The van der Waals surface area contributed by atoms with Gasteiger partial charge in [0.15, 0.2) is 0 Å². The van der Waals surface area contributed by atoms with Crippen molar-refractivity contribution >= 4 is 10.9 Å². The Labute approximate surface area is 87.9 Å². The van der Waals surface area contributed by atoms with E-state index in [0.29, 0.717) is 13.3 Å². The Morgan fingerprint density at radius 1 is 1.47 bits per heavy atom. The summed E-state index contributed by atoms with van der Waals surface area (Å²) in [6.07, 6.45) is 0. The first kappa shape index (κ1) is 10.0. The number of methoxy groups -OCH3 is 1. The molecule has 80 valence electrons. The molecule has 0 saturated heterocycles. The van der Waals surface area contributed by atoms with Crippen molar-refractivity contribution in [3.8, 4) is 5.75 Å². The lowest BCUT2D eigenvalue weighted by Crippen LogP contribution is -2.08. The molecule has 1 aromatic carbocycles. The molecule has 4 nitrogen and oxygen atoms in total. The first-order chi connectivity index (χ1) is 7.27. The zero-order chi connectivity index (χ0) is 10.8. The molecular formula is C11H14N2O2. The van der Waals surface area contributed by atoms with Gasteiger partial charge in [-0.2, -0.15) is 0 Å². The third kappa shape index (κ3) is 1.58. The molecule has 0 saturated carbocycles. The average Bonchev–Trinajstić information content (AvgIpc) is 2.59. The normalized spacial score (nSPS) is 11.1. The Morgan fingerprint density at radius 3 is 2.93 bits per heavy atom. The molecule has 4 heteroatoms. The quantitative estimate of drug-likeness (QED) is 0.798. The molecule has 1 aromatic heterocycles. The Bertz CT molecular complexity index is 477. The zero-order valence-corrected chi connectivity index (χ0v) is 8.60. The van der Waals surface area contributed by atoms with Crippen molar-refractivity contribution in [2.45, 2.75) is 13.3 Å². The number of phenols is 1. The summed E-state index contributed by atoms with van der Waals surface area (Å²) in [5.41, 5.74) is 7.53. The maximum Gasteiger partial charge on any atom is 0.124 e. The summed E-state index contributed by atoms with van der Waals surface area (Å²) < 4.78 is 7.06. The molecule has 0 unspecified atom stereocenters. The highest BCUT2D eigenvalue weighted by Gasteiger charge is 2.09. The van der Waals surface area contributed by atoms with Crippen LogP contribution in [-0.4, -0.2) is 16.8 Å². The molecular weight excluding hydrogens is 192 g/mol. The van der Waals surface area contributed by atoms with Gasteiger partial charge in [0.05, 0.1) is 5.52 Å². The lowest BCUT2D eigenvalue weighted by molar-refractivity contribution is 0.132. The second kappa shape index (κ2) is 3.92. The van der Waals surface area contributed by atoms with Crippen LogP contribution in [0.2, 0.25) is 0 Å². The largest absolute Gasteiger partial charge is 0.507 e. The van der Waals surface area contributed by atoms with Crippen molar-refractivity contribution < 1.29 is 9.84 Å². The van der Waals surface area contributed by atoms with Gasteiger partial charge >= 0.3 is 0 Å². The number of aromatic nitrogens is 1. The fourth-order valence-electron chi connectivity index (χ4n) is 1.77. The molecule has 0 aliphatic rings. The molecule has 2 rings (SSSR count). The van der Waals surface area contributed by atoms with Crippen LogP contribution in [0.5, 0.6) is 5.75 Å². The second-order valence-electron chi connectivity index (χ2n) is 3.40. The van der Waals surface area contributed by atoms with E-state index in [9.17, 15) is 5.11 Å². The Kier molecular flexibility index (Phi) is 2.62. The van der Waals surface area contributed by atoms with Gasteiger partial charge in [0.1, 0.15) is 12.5 Å². The van der Waals surface area contributed by atoms with E-state index in [2.05, 4.69) is 0 Å². The summed E-state index contributed by atoms with van der Waals surface area (Å²) in [7, 11) is 1.63. The van der Waals surface area contributed by atoms with E-state index in [1.54, 1.807) is 13.2 Å². The summed E-state index contributed by atoms with van der Waals surface area (Å²) in [6, 6.07) is 7.31. The topological polar surface area (TPSA) is 60.4 Å². The van der Waals surface area contributed by atoms with E-state index >= 15 is 0 Å². The number of hydrogen-bond donors (Lipinski definition) is 2. The first-order valence-corrected chi connectivity index (χ1v) is 4.77. The number of nitrogens with two attached hydrogens (primary N) is 1. The van der Waals surface area contributed by atoms with E-state index in [4.69, 9.17) is 10.5 Å². The van der Waals surface area contributed by atoms with E-state index in [1.807, 2.05) is 22.8 Å². The maximum absolute atomic E-state index is 9.68. The van der Waals surface area contributed by atoms with E-state index in [0.717, 1.165) is 16.6 Å². The summed E-state index contributed by atoms with van der Waals surface area (Å²) in [4.78, 5) is 0. The average molecular weight is 206 g/mol. The van der Waals surface area contributed by atoms with E-state index < -0.39 is 0 Å². The molecule has 15 heavy (non-hydrogen) atoms. The van der Waals surface area contributed by atoms with Crippen LogP contribution in [0, 0.1) is 0 Å². The molecule has 0 aliphatic carbocycles. The maximum atomic E-state index is 9.68. The van der Waals surface area contributed by atoms with Crippen LogP contribution in [-0.2, 0) is 18.0 Å². The van der Waals surface area contributed by atoms with Gasteiger partial charge in [-0.3, -0.25) is 0 Å². The number of fused-ring (bicyclic) bond motifs is 1. The highest BCUT2D eigenvalue weighted by Crippen LogP contribution is 2.27. The number of rotatable bonds is 3. The zero-order valence-electron chi connectivity index (χ0n) is 8.60. The molecule has 0 fully saturated rings. The molecule has 3 N–H and O–H groups in total. The smallest absolute Gasteiger partial charge is 0.124 e. The highest BCUT2D eigenvalue weighted by atomic mass is 16.5. The third-order valence-corrected chi connectivity index (χ3v) is 2.48. The van der Waals surface area contributed by atoms with Crippen LogP contribution in [0.3, 0.4) is 0 Å². The summed E-state index contributed by atoms with van der Waals surface area (Å²) >= 11 is 0. The van der Waals surface area contributed by atoms with Crippen LogP contribution >= 0.6 is 0 Å². The number of aromatic hydroxyl groups is 1. The summed E-state index contributed by atoms with van der Waals surface area (Å²) in [5.74, 6) is 0.275. The number of ether oxygens (including phenoxy) is 1. The van der Waals surface area contributed by atoms with Gasteiger partial charge in [-0.05, 0) is 18.2 Å². The lowest BCUT2D eigenvalue weighted by atomic mass is 10.2. The van der Waals surface area contributed by atoms with Crippen molar-refractivity contribution in [3.05, 3.63) is 30.0 Å². The van der Waals surface area contributed by atoms with Crippen LogP contribution in [0.4, 0.5) is 0 Å². The summed E-state index contributed by atoms with van der Waals surface area (Å²) in [5, 5.41) is 10.5. The molecule has 0 aliphatic heterocycles. The molecule has 0 radical (unpaired) electrons. The minimum atomic E-state index is 0.275. The van der Waals surface area contributed by atoms with Gasteiger partial charge in [0.25, 0.3) is 0 Å². The van der Waals surface area contributed by atoms with Gasteiger partial charge in [-0.15, -0.1) is 0 Å². The molecule has 1 heterocycles.